The van der Waals surface area contributed by atoms with Gasteiger partial charge in [0.2, 0.25) is 0 Å². The van der Waals surface area contributed by atoms with Gasteiger partial charge in [0.05, 0.1) is 7.11 Å². The molecule has 1 aromatic rings. The molecule has 0 saturated carbocycles. The van der Waals surface area contributed by atoms with Crippen LogP contribution in [0.25, 0.3) is 0 Å². The second kappa shape index (κ2) is 4.34. The third-order valence-corrected chi connectivity index (χ3v) is 1.94. The number of ether oxygens (including phenoxy) is 1. The molecule has 1 unspecified atom stereocenters. The van der Waals surface area contributed by atoms with Crippen molar-refractivity contribution >= 4 is 0 Å². The van der Waals surface area contributed by atoms with Crippen molar-refractivity contribution in [2.45, 2.75) is 6.04 Å². The van der Waals surface area contributed by atoms with Crippen LogP contribution in [0.5, 0.6) is 5.75 Å². The third-order valence-electron chi connectivity index (χ3n) is 1.94. The fourth-order valence-corrected chi connectivity index (χ4v) is 1.15. The lowest BCUT2D eigenvalue weighted by Crippen LogP contribution is -2.22. The summed E-state index contributed by atoms with van der Waals surface area (Å²) in [4.78, 5) is 0. The average molecular weight is 202 g/mol. The maximum atomic E-state index is 13.5. The van der Waals surface area contributed by atoms with Gasteiger partial charge in [-0.3, -0.25) is 0 Å². The Kier molecular flexibility index (Phi) is 3.38. The zero-order valence-corrected chi connectivity index (χ0v) is 7.76. The number of rotatable bonds is 3. The smallest absolute Gasteiger partial charge is 0.190 e. The van der Waals surface area contributed by atoms with Crippen molar-refractivity contribution in [2.75, 3.05) is 13.7 Å². The maximum absolute atomic E-state index is 13.5. The molecule has 4 N–H and O–H groups in total. The molecular formula is C9H12F2N2O. The second-order valence-electron chi connectivity index (χ2n) is 2.83. The molecule has 1 atom stereocenters. The number of halogens is 2. The fraction of sp³-hybridized carbons (Fsp3) is 0.333. The van der Waals surface area contributed by atoms with Crippen LogP contribution in [0.1, 0.15) is 11.6 Å². The van der Waals surface area contributed by atoms with Crippen LogP contribution in [0.2, 0.25) is 0 Å². The van der Waals surface area contributed by atoms with E-state index >= 15 is 0 Å². The normalized spacial score (nSPS) is 12.6. The van der Waals surface area contributed by atoms with E-state index in [4.69, 9.17) is 11.5 Å². The van der Waals surface area contributed by atoms with E-state index in [1.165, 1.54) is 13.2 Å². The summed E-state index contributed by atoms with van der Waals surface area (Å²) in [5, 5.41) is 0. The predicted octanol–water partition coefficient (Wildman–Crippen LogP) is 0.932. The molecular weight excluding hydrogens is 190 g/mol. The van der Waals surface area contributed by atoms with Crippen molar-refractivity contribution < 1.29 is 13.5 Å². The average Bonchev–Trinajstić information content (AvgIpc) is 2.18. The van der Waals surface area contributed by atoms with Gasteiger partial charge in [-0.05, 0) is 6.07 Å². The Morgan fingerprint density at radius 3 is 2.57 bits per heavy atom. The topological polar surface area (TPSA) is 61.3 Å². The minimum Gasteiger partial charge on any atom is -0.491 e. The lowest BCUT2D eigenvalue weighted by molar-refractivity contribution is 0.356. The van der Waals surface area contributed by atoms with Gasteiger partial charge in [0.15, 0.2) is 17.4 Å². The van der Waals surface area contributed by atoms with Crippen LogP contribution in [0.3, 0.4) is 0 Å². The number of hydrogen-bond donors (Lipinski definition) is 2. The van der Waals surface area contributed by atoms with Gasteiger partial charge >= 0.3 is 0 Å². The van der Waals surface area contributed by atoms with E-state index in [9.17, 15) is 8.78 Å². The summed E-state index contributed by atoms with van der Waals surface area (Å²) < 4.78 is 31.0. The van der Waals surface area contributed by atoms with Gasteiger partial charge in [0, 0.05) is 18.2 Å². The van der Waals surface area contributed by atoms with Gasteiger partial charge in [0.25, 0.3) is 0 Å². The lowest BCUT2D eigenvalue weighted by Gasteiger charge is -2.12. The Hall–Kier alpha value is -1.20. The molecule has 14 heavy (non-hydrogen) atoms. The van der Waals surface area contributed by atoms with Gasteiger partial charge in [0.1, 0.15) is 0 Å². The van der Waals surface area contributed by atoms with Gasteiger partial charge in [-0.25, -0.2) is 8.78 Å². The Morgan fingerprint density at radius 2 is 2.07 bits per heavy atom. The molecule has 0 spiro atoms. The van der Waals surface area contributed by atoms with Crippen molar-refractivity contribution in [1.29, 1.82) is 0 Å². The van der Waals surface area contributed by atoms with Crippen LogP contribution in [0.4, 0.5) is 8.78 Å². The van der Waals surface area contributed by atoms with Crippen LogP contribution >= 0.6 is 0 Å². The van der Waals surface area contributed by atoms with E-state index in [0.717, 1.165) is 6.07 Å². The largest absolute Gasteiger partial charge is 0.491 e. The van der Waals surface area contributed by atoms with Crippen molar-refractivity contribution in [1.82, 2.24) is 0 Å². The molecule has 1 aromatic carbocycles. The molecule has 0 saturated heterocycles. The fourth-order valence-electron chi connectivity index (χ4n) is 1.15. The summed E-state index contributed by atoms with van der Waals surface area (Å²) in [5.41, 5.74) is 11.0. The zero-order chi connectivity index (χ0) is 10.7. The Balaban J connectivity index is 3.21. The van der Waals surface area contributed by atoms with E-state index in [2.05, 4.69) is 4.74 Å². The summed E-state index contributed by atoms with van der Waals surface area (Å²) in [6.45, 7) is 0.0890. The molecule has 0 amide bonds. The Labute approximate surface area is 80.7 Å². The molecule has 78 valence electrons. The zero-order valence-electron chi connectivity index (χ0n) is 7.76. The first-order valence-corrected chi connectivity index (χ1v) is 4.09. The van der Waals surface area contributed by atoms with Crippen LogP contribution < -0.4 is 16.2 Å². The summed E-state index contributed by atoms with van der Waals surface area (Å²) in [7, 11) is 1.19. The van der Waals surface area contributed by atoms with Crippen LogP contribution in [0.15, 0.2) is 12.1 Å². The Morgan fingerprint density at radius 1 is 1.43 bits per heavy atom. The number of methoxy groups -OCH3 is 1. The molecule has 1 rings (SSSR count). The van der Waals surface area contributed by atoms with Crippen molar-refractivity contribution in [3.05, 3.63) is 29.3 Å². The minimum atomic E-state index is -0.787. The number of hydrogen-bond acceptors (Lipinski definition) is 3. The molecule has 0 fully saturated rings. The standard InChI is InChI=1S/C9H12F2N2O/c1-14-9-6(10)3-2-5(8(9)11)7(13)4-12/h2-3,7H,4,12-13H2,1H3. The first-order chi connectivity index (χ1) is 6.61. The lowest BCUT2D eigenvalue weighted by atomic mass is 10.1. The quantitative estimate of drug-likeness (QED) is 0.766. The van der Waals surface area contributed by atoms with E-state index in [1.807, 2.05) is 0 Å². The first-order valence-electron chi connectivity index (χ1n) is 4.09. The SMILES string of the molecule is COc1c(F)ccc(C(N)CN)c1F. The van der Waals surface area contributed by atoms with Crippen LogP contribution in [-0.2, 0) is 0 Å². The molecule has 0 aliphatic carbocycles. The molecule has 0 bridgehead atoms. The summed E-state index contributed by atoms with van der Waals surface area (Å²) >= 11 is 0. The highest BCUT2D eigenvalue weighted by molar-refractivity contribution is 5.34. The molecule has 3 nitrogen and oxygen atoms in total. The molecule has 0 heterocycles. The predicted molar refractivity (Wildman–Crippen MR) is 48.9 cm³/mol. The van der Waals surface area contributed by atoms with E-state index in [-0.39, 0.29) is 12.1 Å². The molecule has 0 aliphatic rings. The van der Waals surface area contributed by atoms with Crippen molar-refractivity contribution in [3.8, 4) is 5.75 Å². The molecule has 0 aliphatic heterocycles. The molecule has 0 aromatic heterocycles. The molecule has 0 radical (unpaired) electrons. The van der Waals surface area contributed by atoms with Gasteiger partial charge in [-0.15, -0.1) is 0 Å². The van der Waals surface area contributed by atoms with Crippen LogP contribution in [0, 0.1) is 11.6 Å². The number of benzene rings is 1. The second-order valence-corrected chi connectivity index (χ2v) is 2.83. The van der Waals surface area contributed by atoms with Crippen LogP contribution in [-0.4, -0.2) is 13.7 Å². The first kappa shape index (κ1) is 10.9. The highest BCUT2D eigenvalue weighted by atomic mass is 19.1. The van der Waals surface area contributed by atoms with E-state index < -0.39 is 23.4 Å². The number of nitrogens with two attached hydrogens (primary N) is 2. The summed E-state index contributed by atoms with van der Waals surface area (Å²) in [5.74, 6) is -1.96. The molecule has 5 heteroatoms. The highest BCUT2D eigenvalue weighted by Gasteiger charge is 2.17. The van der Waals surface area contributed by atoms with E-state index in [1.54, 1.807) is 0 Å². The monoisotopic (exact) mass is 202 g/mol. The minimum absolute atomic E-state index is 0.0890. The van der Waals surface area contributed by atoms with Crippen molar-refractivity contribution in [2.24, 2.45) is 11.5 Å². The Bertz CT molecular complexity index is 331. The van der Waals surface area contributed by atoms with E-state index in [0.29, 0.717) is 0 Å². The van der Waals surface area contributed by atoms with Gasteiger partial charge in [-0.2, -0.15) is 0 Å². The third kappa shape index (κ3) is 1.83. The highest BCUT2D eigenvalue weighted by Crippen LogP contribution is 2.26. The summed E-state index contributed by atoms with van der Waals surface area (Å²) in [6, 6.07) is 1.72. The summed E-state index contributed by atoms with van der Waals surface area (Å²) in [6.07, 6.45) is 0. The van der Waals surface area contributed by atoms with Gasteiger partial charge < -0.3 is 16.2 Å². The maximum Gasteiger partial charge on any atom is 0.190 e. The van der Waals surface area contributed by atoms with Gasteiger partial charge in [-0.1, -0.05) is 6.07 Å². The van der Waals surface area contributed by atoms with Crippen molar-refractivity contribution in [3.63, 3.8) is 0 Å².